The first-order chi connectivity index (χ1) is 9.94. The van der Waals surface area contributed by atoms with Crippen LogP contribution in [0.15, 0.2) is 15.5 Å². The van der Waals surface area contributed by atoms with Crippen LogP contribution in [0.5, 0.6) is 0 Å². The number of anilines is 1. The molecule has 2 N–H and O–H groups in total. The Kier molecular flexibility index (Phi) is 7.20. The van der Waals surface area contributed by atoms with E-state index in [1.807, 2.05) is 13.2 Å². The minimum absolute atomic E-state index is 0.00518. The molecule has 1 aromatic heterocycles. The van der Waals surface area contributed by atoms with Crippen LogP contribution >= 0.6 is 27.7 Å². The Morgan fingerprint density at radius 1 is 1.67 bits per heavy atom. The average Bonchev–Trinajstić information content (AvgIpc) is 2.48. The van der Waals surface area contributed by atoms with Gasteiger partial charge in [-0.15, -0.1) is 0 Å². The van der Waals surface area contributed by atoms with E-state index < -0.39 is 11.5 Å². The van der Waals surface area contributed by atoms with Crippen LogP contribution in [0.2, 0.25) is 0 Å². The lowest BCUT2D eigenvalue weighted by Crippen LogP contribution is -2.33. The maximum absolute atomic E-state index is 12.1. The number of carbonyl (C=O) groups excluding carboxylic acids is 1. The van der Waals surface area contributed by atoms with Crippen LogP contribution in [-0.4, -0.2) is 52.1 Å². The maximum Gasteiger partial charge on any atom is 0.327 e. The summed E-state index contributed by atoms with van der Waals surface area (Å²) in [6.45, 7) is 1.69. The molecule has 0 aliphatic heterocycles. The minimum atomic E-state index is -0.548. The molecule has 9 heteroatoms. The molecule has 1 aromatic rings. The molecule has 0 aliphatic carbocycles. The van der Waals surface area contributed by atoms with Crippen molar-refractivity contribution in [2.24, 2.45) is 0 Å². The monoisotopic (exact) mass is 379 g/mol. The molecule has 0 bridgehead atoms. The van der Waals surface area contributed by atoms with E-state index in [0.717, 1.165) is 4.68 Å². The van der Waals surface area contributed by atoms with Gasteiger partial charge in [-0.25, -0.2) is 4.68 Å². The third-order valence-electron chi connectivity index (χ3n) is 2.91. The van der Waals surface area contributed by atoms with Crippen LogP contribution in [-0.2, 0) is 16.1 Å². The summed E-state index contributed by atoms with van der Waals surface area (Å²) in [5.74, 6) is -0.548. The quantitative estimate of drug-likeness (QED) is 0.673. The number of nitrogens with zero attached hydrogens (tertiary/aromatic N) is 2. The SMILES string of the molecule is COC(=O)Cn1ncc(NC(C)C(CO)SC)c(Br)c1=O. The summed E-state index contributed by atoms with van der Waals surface area (Å²) in [6.07, 6.45) is 3.36. The molecule has 21 heavy (non-hydrogen) atoms. The molecule has 0 saturated heterocycles. The second-order valence-electron chi connectivity index (χ2n) is 4.30. The van der Waals surface area contributed by atoms with Gasteiger partial charge in [-0.05, 0) is 29.1 Å². The lowest BCUT2D eigenvalue weighted by Gasteiger charge is -2.22. The Balaban J connectivity index is 2.94. The van der Waals surface area contributed by atoms with E-state index in [0.29, 0.717) is 5.69 Å². The molecule has 7 nitrogen and oxygen atoms in total. The third-order valence-corrected chi connectivity index (χ3v) is 4.84. The first-order valence-corrected chi connectivity index (χ1v) is 8.25. The topological polar surface area (TPSA) is 93.5 Å². The van der Waals surface area contributed by atoms with E-state index >= 15 is 0 Å². The van der Waals surface area contributed by atoms with Crippen LogP contribution in [0.1, 0.15) is 6.92 Å². The molecule has 2 atom stereocenters. The van der Waals surface area contributed by atoms with Crippen LogP contribution < -0.4 is 10.9 Å². The number of hydrogen-bond donors (Lipinski definition) is 2. The van der Waals surface area contributed by atoms with Gasteiger partial charge >= 0.3 is 5.97 Å². The Morgan fingerprint density at radius 3 is 2.86 bits per heavy atom. The predicted molar refractivity (Wildman–Crippen MR) is 85.7 cm³/mol. The van der Waals surface area contributed by atoms with Crippen LogP contribution in [0, 0.1) is 0 Å². The second-order valence-corrected chi connectivity index (χ2v) is 6.17. The lowest BCUT2D eigenvalue weighted by molar-refractivity contribution is -0.141. The molecule has 0 amide bonds. The van der Waals surface area contributed by atoms with Gasteiger partial charge in [0.1, 0.15) is 11.0 Å². The molecule has 1 rings (SSSR count). The zero-order valence-corrected chi connectivity index (χ0v) is 14.4. The highest BCUT2D eigenvalue weighted by molar-refractivity contribution is 9.10. The Bertz CT molecular complexity index is 548. The number of carbonyl (C=O) groups is 1. The zero-order valence-electron chi connectivity index (χ0n) is 12.0. The number of methoxy groups -OCH3 is 1. The number of thioether (sulfide) groups is 1. The molecule has 118 valence electrons. The van der Waals surface area contributed by atoms with Crippen LogP contribution in [0.25, 0.3) is 0 Å². The zero-order chi connectivity index (χ0) is 16.0. The van der Waals surface area contributed by atoms with E-state index in [9.17, 15) is 14.7 Å². The average molecular weight is 380 g/mol. The van der Waals surface area contributed by atoms with Gasteiger partial charge in [0, 0.05) is 11.3 Å². The molecular formula is C12H18BrN3O4S. The van der Waals surface area contributed by atoms with Crippen molar-refractivity contribution in [3.8, 4) is 0 Å². The molecule has 0 fully saturated rings. The summed E-state index contributed by atoms with van der Waals surface area (Å²) in [4.78, 5) is 23.3. The maximum atomic E-state index is 12.1. The highest BCUT2D eigenvalue weighted by Gasteiger charge is 2.18. The van der Waals surface area contributed by atoms with Crippen LogP contribution in [0.3, 0.4) is 0 Å². The standard InChI is InChI=1S/C12H18BrN3O4S/c1-7(9(6-17)21-3)15-8-4-14-16(5-10(18)20-2)12(19)11(8)13/h4,7,9,15,17H,5-6H2,1-3H3. The van der Waals surface area contributed by atoms with Gasteiger partial charge in [-0.3, -0.25) is 9.59 Å². The fraction of sp³-hybridized carbons (Fsp3) is 0.583. The van der Waals surface area contributed by atoms with Crippen molar-refractivity contribution in [2.75, 3.05) is 25.3 Å². The fourth-order valence-electron chi connectivity index (χ4n) is 1.64. The van der Waals surface area contributed by atoms with Gasteiger partial charge in [-0.1, -0.05) is 0 Å². The summed E-state index contributed by atoms with van der Waals surface area (Å²) < 4.78 is 5.81. The lowest BCUT2D eigenvalue weighted by atomic mass is 10.2. The molecule has 2 unspecified atom stereocenters. The Labute approximate surface area is 135 Å². The third kappa shape index (κ3) is 4.72. The number of aromatic nitrogens is 2. The summed E-state index contributed by atoms with van der Waals surface area (Å²) in [6, 6.07) is -0.0565. The van der Waals surface area contributed by atoms with E-state index in [-0.39, 0.29) is 28.9 Å². The van der Waals surface area contributed by atoms with Crippen LogP contribution in [0.4, 0.5) is 5.69 Å². The second kappa shape index (κ2) is 8.40. The number of rotatable bonds is 7. The normalized spacial score (nSPS) is 13.6. The number of nitrogens with one attached hydrogen (secondary N) is 1. The number of halogens is 1. The van der Waals surface area contributed by atoms with Crippen molar-refractivity contribution >= 4 is 39.3 Å². The molecule has 0 spiro atoms. The van der Waals surface area contributed by atoms with Gasteiger partial charge < -0.3 is 15.2 Å². The highest BCUT2D eigenvalue weighted by atomic mass is 79.9. The van der Waals surface area contributed by atoms with E-state index in [1.165, 1.54) is 25.1 Å². The fourth-order valence-corrected chi connectivity index (χ4v) is 2.69. The number of ether oxygens (including phenoxy) is 1. The first kappa shape index (κ1) is 18.0. The van der Waals surface area contributed by atoms with Gasteiger partial charge in [0.15, 0.2) is 0 Å². The molecule has 0 aliphatic rings. The summed E-state index contributed by atoms with van der Waals surface area (Å²) >= 11 is 4.74. The van der Waals surface area contributed by atoms with Crippen molar-refractivity contribution in [3.05, 3.63) is 21.0 Å². The highest BCUT2D eigenvalue weighted by Crippen LogP contribution is 2.20. The van der Waals surface area contributed by atoms with E-state index in [4.69, 9.17) is 0 Å². The number of esters is 1. The smallest absolute Gasteiger partial charge is 0.327 e. The molecule has 1 heterocycles. The van der Waals surface area contributed by atoms with E-state index in [1.54, 1.807) is 0 Å². The van der Waals surface area contributed by atoms with Crippen molar-refractivity contribution in [1.29, 1.82) is 0 Å². The summed E-state index contributed by atoms with van der Waals surface area (Å²) in [7, 11) is 1.25. The van der Waals surface area contributed by atoms with Crippen molar-refractivity contribution in [2.45, 2.75) is 24.8 Å². The van der Waals surface area contributed by atoms with Gasteiger partial charge in [0.05, 0.1) is 25.6 Å². The van der Waals surface area contributed by atoms with Crippen molar-refractivity contribution in [1.82, 2.24) is 9.78 Å². The Morgan fingerprint density at radius 2 is 2.33 bits per heavy atom. The molecular weight excluding hydrogens is 362 g/mol. The number of hydrogen-bond acceptors (Lipinski definition) is 7. The predicted octanol–water partition coefficient (Wildman–Crippen LogP) is 0.703. The summed E-state index contributed by atoms with van der Waals surface area (Å²) in [5, 5.41) is 16.3. The van der Waals surface area contributed by atoms with Crippen molar-refractivity contribution < 1.29 is 14.6 Å². The summed E-state index contributed by atoms with van der Waals surface area (Å²) in [5.41, 5.74) is 0.0865. The van der Waals surface area contributed by atoms with Gasteiger partial charge in [0.25, 0.3) is 5.56 Å². The van der Waals surface area contributed by atoms with E-state index in [2.05, 4.69) is 31.1 Å². The molecule has 0 aromatic carbocycles. The largest absolute Gasteiger partial charge is 0.468 e. The number of aliphatic hydroxyl groups excluding tert-OH is 1. The molecule has 0 saturated carbocycles. The van der Waals surface area contributed by atoms with Gasteiger partial charge in [0.2, 0.25) is 0 Å². The molecule has 0 radical (unpaired) electrons. The first-order valence-electron chi connectivity index (χ1n) is 6.17. The minimum Gasteiger partial charge on any atom is -0.468 e. The number of aliphatic hydroxyl groups is 1. The Hall–Kier alpha value is -1.06. The van der Waals surface area contributed by atoms with Crippen molar-refractivity contribution in [3.63, 3.8) is 0 Å². The van der Waals surface area contributed by atoms with Gasteiger partial charge in [-0.2, -0.15) is 16.9 Å².